The van der Waals surface area contributed by atoms with Crippen LogP contribution in [0.1, 0.15) is 28.9 Å². The van der Waals surface area contributed by atoms with Gasteiger partial charge in [0.2, 0.25) is 0 Å². The maximum Gasteiger partial charge on any atom is 0.339 e. The molecule has 1 fully saturated rings. The molecular formula is C18H21N3O3S. The van der Waals surface area contributed by atoms with Crippen molar-refractivity contribution in [3.05, 3.63) is 41.6 Å². The number of morpholine rings is 1. The number of rotatable bonds is 5. The number of nitrogens with zero attached hydrogens (tertiary/aromatic N) is 3. The Kier molecular flexibility index (Phi) is 5.67. The van der Waals surface area contributed by atoms with Crippen LogP contribution >= 0.6 is 11.8 Å². The Labute approximate surface area is 151 Å². The summed E-state index contributed by atoms with van der Waals surface area (Å²) in [4.78, 5) is 22.3. The molecule has 25 heavy (non-hydrogen) atoms. The first-order chi connectivity index (χ1) is 12.1. The molecule has 0 spiro atoms. The molecule has 1 aromatic carbocycles. The van der Waals surface area contributed by atoms with Gasteiger partial charge in [-0.2, -0.15) is 0 Å². The third-order valence-electron chi connectivity index (χ3n) is 4.44. The summed E-state index contributed by atoms with van der Waals surface area (Å²) in [6.07, 6.45) is 3.24. The third kappa shape index (κ3) is 4.00. The van der Waals surface area contributed by atoms with Crippen molar-refractivity contribution >= 4 is 17.7 Å². The summed E-state index contributed by atoms with van der Waals surface area (Å²) < 4.78 is 5.41. The van der Waals surface area contributed by atoms with E-state index in [0.717, 1.165) is 31.9 Å². The van der Waals surface area contributed by atoms with Gasteiger partial charge in [0.1, 0.15) is 5.56 Å². The molecule has 0 radical (unpaired) electrons. The van der Waals surface area contributed by atoms with Crippen molar-refractivity contribution in [1.29, 1.82) is 0 Å². The van der Waals surface area contributed by atoms with Crippen LogP contribution in [0, 0.1) is 0 Å². The molecule has 1 unspecified atom stereocenters. The average Bonchev–Trinajstić information content (AvgIpc) is 2.67. The molecule has 6 nitrogen and oxygen atoms in total. The van der Waals surface area contributed by atoms with E-state index in [1.165, 1.54) is 23.5 Å². The first kappa shape index (κ1) is 17.8. The summed E-state index contributed by atoms with van der Waals surface area (Å²) in [7, 11) is 0. The fourth-order valence-electron chi connectivity index (χ4n) is 2.94. The van der Waals surface area contributed by atoms with E-state index >= 15 is 0 Å². The van der Waals surface area contributed by atoms with Gasteiger partial charge in [0.25, 0.3) is 0 Å². The van der Waals surface area contributed by atoms with Crippen LogP contribution in [0.3, 0.4) is 0 Å². The monoisotopic (exact) mass is 359 g/mol. The zero-order chi connectivity index (χ0) is 17.8. The van der Waals surface area contributed by atoms with Crippen LogP contribution in [0.4, 0.5) is 0 Å². The highest BCUT2D eigenvalue weighted by Gasteiger charge is 2.19. The van der Waals surface area contributed by atoms with E-state index in [1.807, 2.05) is 30.5 Å². The van der Waals surface area contributed by atoms with Crippen LogP contribution in [0.25, 0.3) is 11.3 Å². The zero-order valence-corrected chi connectivity index (χ0v) is 15.1. The number of carboxylic acids is 1. The molecule has 3 rings (SSSR count). The van der Waals surface area contributed by atoms with Gasteiger partial charge in [-0.05, 0) is 18.7 Å². The van der Waals surface area contributed by atoms with Crippen molar-refractivity contribution < 1.29 is 14.6 Å². The molecular weight excluding hydrogens is 338 g/mol. The minimum atomic E-state index is -1.02. The number of aromatic carboxylic acids is 1. The highest BCUT2D eigenvalue weighted by molar-refractivity contribution is 7.98. The molecule has 1 aliphatic heterocycles. The normalized spacial score (nSPS) is 16.6. The fourth-order valence-corrected chi connectivity index (χ4v) is 3.28. The molecule has 1 N–H and O–H groups in total. The van der Waals surface area contributed by atoms with Crippen molar-refractivity contribution in [3.63, 3.8) is 0 Å². The van der Waals surface area contributed by atoms with Crippen LogP contribution in [-0.4, -0.2) is 58.5 Å². The minimum Gasteiger partial charge on any atom is -0.478 e. The van der Waals surface area contributed by atoms with Crippen molar-refractivity contribution in [3.8, 4) is 11.3 Å². The first-order valence-electron chi connectivity index (χ1n) is 8.16. The first-order valence-corrected chi connectivity index (χ1v) is 9.39. The Morgan fingerprint density at radius 1 is 1.28 bits per heavy atom. The van der Waals surface area contributed by atoms with Gasteiger partial charge in [-0.25, -0.2) is 14.8 Å². The Hall–Kier alpha value is -1.96. The van der Waals surface area contributed by atoms with Crippen molar-refractivity contribution in [1.82, 2.24) is 14.9 Å². The lowest BCUT2D eigenvalue weighted by molar-refractivity contribution is 0.0198. The van der Waals surface area contributed by atoms with Crippen molar-refractivity contribution in [2.75, 3.05) is 32.6 Å². The molecule has 0 saturated carbocycles. The zero-order valence-electron chi connectivity index (χ0n) is 14.3. The van der Waals surface area contributed by atoms with Gasteiger partial charge in [-0.3, -0.25) is 4.90 Å². The SMILES string of the molecule is CSc1ncc(C(=O)O)c(-c2ccc(C(C)N3CCOCC3)cc2)n1. The average molecular weight is 359 g/mol. The van der Waals surface area contributed by atoms with Crippen LogP contribution in [0.2, 0.25) is 0 Å². The lowest BCUT2D eigenvalue weighted by Crippen LogP contribution is -2.37. The Bertz CT molecular complexity index is 746. The predicted octanol–water partition coefficient (Wildman–Crippen LogP) is 2.96. The number of thioether (sulfide) groups is 1. The van der Waals surface area contributed by atoms with Gasteiger partial charge >= 0.3 is 5.97 Å². The summed E-state index contributed by atoms with van der Waals surface area (Å²) in [5.74, 6) is -1.02. The van der Waals surface area contributed by atoms with Crippen molar-refractivity contribution in [2.24, 2.45) is 0 Å². The summed E-state index contributed by atoms with van der Waals surface area (Å²) in [6.45, 7) is 5.56. The standard InChI is InChI=1S/C18H21N3O3S/c1-12(21-7-9-24-10-8-21)13-3-5-14(6-4-13)16-15(17(22)23)11-19-18(20-16)25-2/h3-6,11-12H,7-10H2,1-2H3,(H,22,23). The summed E-state index contributed by atoms with van der Waals surface area (Å²) in [5.41, 5.74) is 2.55. The second-order valence-corrected chi connectivity index (χ2v) is 6.64. The smallest absolute Gasteiger partial charge is 0.339 e. The highest BCUT2D eigenvalue weighted by atomic mass is 32.2. The predicted molar refractivity (Wildman–Crippen MR) is 97.0 cm³/mol. The van der Waals surface area contributed by atoms with E-state index in [9.17, 15) is 9.90 Å². The van der Waals surface area contributed by atoms with E-state index in [1.54, 1.807) is 0 Å². The Morgan fingerprint density at radius 2 is 1.96 bits per heavy atom. The van der Waals surface area contributed by atoms with E-state index in [-0.39, 0.29) is 5.56 Å². The largest absolute Gasteiger partial charge is 0.478 e. The number of hydrogen-bond donors (Lipinski definition) is 1. The molecule has 0 amide bonds. The number of benzene rings is 1. The number of carboxylic acid groups (broad SMARTS) is 1. The maximum atomic E-state index is 11.5. The third-order valence-corrected chi connectivity index (χ3v) is 5.00. The number of carbonyl (C=O) groups is 1. The molecule has 1 atom stereocenters. The number of aromatic nitrogens is 2. The van der Waals surface area contributed by atoms with Gasteiger partial charge in [-0.15, -0.1) is 0 Å². The van der Waals surface area contributed by atoms with E-state index in [2.05, 4.69) is 21.8 Å². The fraction of sp³-hybridized carbons (Fsp3) is 0.389. The number of ether oxygens (including phenoxy) is 1. The molecule has 1 aliphatic rings. The maximum absolute atomic E-state index is 11.5. The number of hydrogen-bond acceptors (Lipinski definition) is 6. The van der Waals surface area contributed by atoms with Crippen LogP contribution in [0.15, 0.2) is 35.6 Å². The molecule has 0 bridgehead atoms. The van der Waals surface area contributed by atoms with E-state index < -0.39 is 5.97 Å². The van der Waals surface area contributed by atoms with Crippen LogP contribution in [-0.2, 0) is 4.74 Å². The van der Waals surface area contributed by atoms with Gasteiger partial charge in [-0.1, -0.05) is 36.0 Å². The molecule has 132 valence electrons. The van der Waals surface area contributed by atoms with Gasteiger partial charge in [0.05, 0.1) is 18.9 Å². The molecule has 2 aromatic rings. The molecule has 1 aromatic heterocycles. The van der Waals surface area contributed by atoms with Gasteiger partial charge < -0.3 is 9.84 Å². The molecule has 7 heteroatoms. The highest BCUT2D eigenvalue weighted by Crippen LogP contribution is 2.27. The molecule has 0 aliphatic carbocycles. The van der Waals surface area contributed by atoms with E-state index in [4.69, 9.17) is 4.74 Å². The van der Waals surface area contributed by atoms with Crippen molar-refractivity contribution in [2.45, 2.75) is 18.1 Å². The minimum absolute atomic E-state index is 0.117. The van der Waals surface area contributed by atoms with Gasteiger partial charge in [0.15, 0.2) is 5.16 Å². The molecule has 2 heterocycles. The summed E-state index contributed by atoms with van der Waals surface area (Å²) >= 11 is 1.39. The quantitative estimate of drug-likeness (QED) is 0.650. The molecule has 1 saturated heterocycles. The Morgan fingerprint density at radius 3 is 2.56 bits per heavy atom. The topological polar surface area (TPSA) is 75.5 Å². The second kappa shape index (κ2) is 7.95. The second-order valence-electron chi connectivity index (χ2n) is 5.87. The summed E-state index contributed by atoms with van der Waals surface area (Å²) in [5, 5.41) is 9.96. The Balaban J connectivity index is 1.88. The lowest BCUT2D eigenvalue weighted by atomic mass is 10.0. The summed E-state index contributed by atoms with van der Waals surface area (Å²) in [6, 6.07) is 8.25. The van der Waals surface area contributed by atoms with Gasteiger partial charge in [0, 0.05) is 30.9 Å². The van der Waals surface area contributed by atoms with Crippen LogP contribution < -0.4 is 0 Å². The lowest BCUT2D eigenvalue weighted by Gasteiger charge is -2.32. The van der Waals surface area contributed by atoms with Crippen LogP contribution in [0.5, 0.6) is 0 Å². The van der Waals surface area contributed by atoms with E-state index in [0.29, 0.717) is 16.9 Å².